The van der Waals surface area contributed by atoms with E-state index in [4.69, 9.17) is 16.3 Å². The fourth-order valence-electron chi connectivity index (χ4n) is 2.17. The molecule has 1 saturated carbocycles. The van der Waals surface area contributed by atoms with E-state index < -0.39 is 10.0 Å². The van der Waals surface area contributed by atoms with Crippen LogP contribution in [0, 0.1) is 5.92 Å². The van der Waals surface area contributed by atoms with E-state index in [9.17, 15) is 8.42 Å². The van der Waals surface area contributed by atoms with E-state index in [1.54, 1.807) is 6.07 Å². The van der Waals surface area contributed by atoms with Crippen LogP contribution >= 0.6 is 22.9 Å². The van der Waals surface area contributed by atoms with Crippen molar-refractivity contribution < 1.29 is 13.2 Å². The summed E-state index contributed by atoms with van der Waals surface area (Å²) in [6, 6.07) is 3.07. The van der Waals surface area contributed by atoms with Crippen LogP contribution in [-0.2, 0) is 14.8 Å². The summed E-state index contributed by atoms with van der Waals surface area (Å²) in [6.45, 7) is 5.53. The lowest BCUT2D eigenvalue weighted by Gasteiger charge is -2.22. The quantitative estimate of drug-likeness (QED) is 0.324. The third kappa shape index (κ3) is 7.40. The topological polar surface area (TPSA) is 83.0 Å². The summed E-state index contributed by atoms with van der Waals surface area (Å²) in [6.07, 6.45) is 2.57. The van der Waals surface area contributed by atoms with Gasteiger partial charge >= 0.3 is 0 Å². The minimum atomic E-state index is -3.53. The van der Waals surface area contributed by atoms with Gasteiger partial charge in [0.25, 0.3) is 0 Å². The maximum absolute atomic E-state index is 12.1. The number of guanidine groups is 1. The van der Waals surface area contributed by atoms with Gasteiger partial charge in [-0.15, -0.1) is 11.3 Å². The lowest BCUT2D eigenvalue weighted by Crippen LogP contribution is -2.41. The lowest BCUT2D eigenvalue weighted by atomic mass is 10.5. The average Bonchev–Trinajstić information content (AvgIpc) is 3.32. The number of nitrogens with one attached hydrogen (secondary N) is 2. The molecule has 1 aliphatic rings. The van der Waals surface area contributed by atoms with Gasteiger partial charge in [0.05, 0.1) is 17.5 Å². The van der Waals surface area contributed by atoms with Crippen LogP contribution in [0.5, 0.6) is 0 Å². The molecule has 1 heterocycles. The molecule has 26 heavy (non-hydrogen) atoms. The number of halogens is 1. The Hall–Kier alpha value is -0.870. The summed E-state index contributed by atoms with van der Waals surface area (Å²) in [5.74, 6) is 1.49. The van der Waals surface area contributed by atoms with Crippen LogP contribution in [-0.4, -0.2) is 65.7 Å². The van der Waals surface area contributed by atoms with E-state index in [2.05, 4.69) is 15.0 Å². The van der Waals surface area contributed by atoms with Crippen molar-refractivity contribution in [1.29, 1.82) is 0 Å². The molecule has 2 rings (SSSR count). The van der Waals surface area contributed by atoms with Crippen LogP contribution < -0.4 is 10.0 Å². The molecule has 2 N–H and O–H groups in total. The number of hydrogen-bond acceptors (Lipinski definition) is 5. The number of nitrogens with zero attached hydrogens (tertiary/aromatic N) is 2. The van der Waals surface area contributed by atoms with Crippen molar-refractivity contribution in [2.75, 3.05) is 46.4 Å². The van der Waals surface area contributed by atoms with E-state index in [1.165, 1.54) is 18.9 Å². The third-order valence-corrected chi connectivity index (χ3v) is 6.98. The maximum Gasteiger partial charge on any atom is 0.250 e. The van der Waals surface area contributed by atoms with E-state index in [-0.39, 0.29) is 10.8 Å². The number of hydrogen-bond donors (Lipinski definition) is 2. The molecular formula is C16H27ClN4O3S2. The zero-order valence-corrected chi connectivity index (χ0v) is 17.6. The van der Waals surface area contributed by atoms with Crippen LogP contribution in [0.25, 0.3) is 0 Å². The normalized spacial score (nSPS) is 15.3. The van der Waals surface area contributed by atoms with Gasteiger partial charge in [0.15, 0.2) is 5.96 Å². The molecule has 1 aromatic rings. The second-order valence-electron chi connectivity index (χ2n) is 6.13. The van der Waals surface area contributed by atoms with Crippen LogP contribution in [0.2, 0.25) is 4.34 Å². The molecule has 0 amide bonds. The molecule has 0 atom stereocenters. The summed E-state index contributed by atoms with van der Waals surface area (Å²) >= 11 is 6.83. The van der Waals surface area contributed by atoms with Gasteiger partial charge in [0.2, 0.25) is 10.0 Å². The van der Waals surface area contributed by atoms with E-state index in [0.717, 1.165) is 42.9 Å². The maximum atomic E-state index is 12.1. The molecule has 1 aromatic heterocycles. The molecule has 0 radical (unpaired) electrons. The number of aliphatic imine (C=N–C) groups is 1. The predicted octanol–water partition coefficient (Wildman–Crippen LogP) is 2.00. The second kappa shape index (κ2) is 10.5. The van der Waals surface area contributed by atoms with Crippen molar-refractivity contribution in [1.82, 2.24) is 14.9 Å². The first-order chi connectivity index (χ1) is 12.4. The van der Waals surface area contributed by atoms with Gasteiger partial charge < -0.3 is 15.0 Å². The van der Waals surface area contributed by atoms with Gasteiger partial charge in [-0.05, 0) is 37.8 Å². The smallest absolute Gasteiger partial charge is 0.250 e. The summed E-state index contributed by atoms with van der Waals surface area (Å²) in [5.41, 5.74) is 0. The predicted molar refractivity (Wildman–Crippen MR) is 107 cm³/mol. The number of sulfonamides is 1. The van der Waals surface area contributed by atoms with E-state index in [0.29, 0.717) is 17.5 Å². The van der Waals surface area contributed by atoms with Crippen molar-refractivity contribution in [3.63, 3.8) is 0 Å². The number of rotatable bonds is 11. The Morgan fingerprint density at radius 3 is 2.85 bits per heavy atom. The summed E-state index contributed by atoms with van der Waals surface area (Å²) in [7, 11) is -1.58. The monoisotopic (exact) mass is 422 g/mol. The first-order valence-electron chi connectivity index (χ1n) is 8.74. The molecule has 0 bridgehead atoms. The molecule has 1 aliphatic carbocycles. The Bertz CT molecular complexity index is 689. The number of ether oxygens (including phenoxy) is 1. The van der Waals surface area contributed by atoms with E-state index in [1.807, 2.05) is 18.9 Å². The standard InChI is InChI=1S/C16H27ClN4O3S2/c1-3-18-16(21(2)10-11-24-12-13-4-5-13)19-8-9-20-26(22,23)15-7-6-14(17)25-15/h6-7,13,20H,3-5,8-12H2,1-2H3,(H,18,19). The first kappa shape index (κ1) is 21.4. The van der Waals surface area contributed by atoms with Gasteiger partial charge in [-0.25, -0.2) is 13.1 Å². The molecule has 0 unspecified atom stereocenters. The summed E-state index contributed by atoms with van der Waals surface area (Å²) in [4.78, 5) is 6.46. The van der Waals surface area contributed by atoms with Gasteiger partial charge in [0, 0.05) is 33.3 Å². The third-order valence-electron chi connectivity index (χ3n) is 3.80. The number of likely N-dealkylation sites (N-methyl/N-ethyl adjacent to an activating group) is 1. The first-order valence-corrected chi connectivity index (χ1v) is 11.4. The Labute approximate surface area is 164 Å². The Morgan fingerprint density at radius 2 is 2.23 bits per heavy atom. The van der Waals surface area contributed by atoms with Crippen molar-refractivity contribution in [2.24, 2.45) is 10.9 Å². The SMILES string of the molecule is CCNC(=NCCNS(=O)(=O)c1ccc(Cl)s1)N(C)CCOCC1CC1. The van der Waals surface area contributed by atoms with Crippen LogP contribution in [0.15, 0.2) is 21.3 Å². The molecule has 1 fully saturated rings. The van der Waals surface area contributed by atoms with E-state index >= 15 is 0 Å². The van der Waals surface area contributed by atoms with Crippen molar-refractivity contribution in [3.8, 4) is 0 Å². The highest BCUT2D eigenvalue weighted by molar-refractivity contribution is 7.91. The molecular weight excluding hydrogens is 396 g/mol. The zero-order valence-electron chi connectivity index (χ0n) is 15.2. The molecule has 0 saturated heterocycles. The molecule has 0 aliphatic heterocycles. The molecule has 148 valence electrons. The van der Waals surface area contributed by atoms with Crippen molar-refractivity contribution in [2.45, 2.75) is 24.0 Å². The lowest BCUT2D eigenvalue weighted by molar-refractivity contribution is 0.115. The molecule has 10 heteroatoms. The minimum absolute atomic E-state index is 0.211. The van der Waals surface area contributed by atoms with Gasteiger partial charge in [-0.1, -0.05) is 11.6 Å². The molecule has 0 spiro atoms. The Balaban J connectivity index is 1.75. The minimum Gasteiger partial charge on any atom is -0.379 e. The van der Waals surface area contributed by atoms with Gasteiger partial charge in [-0.2, -0.15) is 0 Å². The fraction of sp³-hybridized carbons (Fsp3) is 0.688. The highest BCUT2D eigenvalue weighted by Crippen LogP contribution is 2.28. The summed E-state index contributed by atoms with van der Waals surface area (Å²) < 4.78 is 33.1. The molecule has 0 aromatic carbocycles. The Kier molecular flexibility index (Phi) is 8.62. The average molecular weight is 423 g/mol. The zero-order chi connectivity index (χ0) is 19.0. The highest BCUT2D eigenvalue weighted by Gasteiger charge is 2.21. The van der Waals surface area contributed by atoms with Crippen LogP contribution in [0.3, 0.4) is 0 Å². The Morgan fingerprint density at radius 1 is 1.46 bits per heavy atom. The van der Waals surface area contributed by atoms with Crippen LogP contribution in [0.1, 0.15) is 19.8 Å². The second-order valence-corrected chi connectivity index (χ2v) is 9.84. The summed E-state index contributed by atoms with van der Waals surface area (Å²) in [5, 5.41) is 3.20. The number of thiophene rings is 1. The highest BCUT2D eigenvalue weighted by atomic mass is 35.5. The van der Waals surface area contributed by atoms with Crippen molar-refractivity contribution in [3.05, 3.63) is 16.5 Å². The van der Waals surface area contributed by atoms with Gasteiger partial charge in [0.1, 0.15) is 4.21 Å². The molecule has 7 nitrogen and oxygen atoms in total. The van der Waals surface area contributed by atoms with Crippen LogP contribution in [0.4, 0.5) is 0 Å². The van der Waals surface area contributed by atoms with Crippen molar-refractivity contribution >= 4 is 38.9 Å². The largest absolute Gasteiger partial charge is 0.379 e. The fourth-order valence-corrected chi connectivity index (χ4v) is 4.72. The van der Waals surface area contributed by atoms with Gasteiger partial charge in [-0.3, -0.25) is 4.99 Å².